The van der Waals surface area contributed by atoms with E-state index in [1.165, 1.54) is 41.8 Å². The van der Waals surface area contributed by atoms with Crippen LogP contribution in [0.1, 0.15) is 44.4 Å². The first kappa shape index (κ1) is 33.0. The van der Waals surface area contributed by atoms with Gasteiger partial charge in [-0.05, 0) is 76.1 Å². The van der Waals surface area contributed by atoms with E-state index in [1.807, 2.05) is 18.2 Å². The van der Waals surface area contributed by atoms with Crippen LogP contribution in [-0.2, 0) is 0 Å². The summed E-state index contributed by atoms with van der Waals surface area (Å²) in [7, 11) is -1.95. The Morgan fingerprint density at radius 3 is 1.23 bits per heavy atom. The van der Waals surface area contributed by atoms with Gasteiger partial charge in [-0.3, -0.25) is 0 Å². The monoisotopic (exact) mass is 588 g/mol. The maximum atomic E-state index is 9.93. The molecule has 0 bridgehead atoms. The first-order valence-corrected chi connectivity index (χ1v) is 15.8. The highest BCUT2D eigenvalue weighted by atomic mass is 16.6. The van der Waals surface area contributed by atoms with Crippen LogP contribution in [0.3, 0.4) is 0 Å². The first-order chi connectivity index (χ1) is 21.2. The molecule has 0 aliphatic rings. The Hall–Kier alpha value is -3.90. The van der Waals surface area contributed by atoms with E-state index in [9.17, 15) is 10.0 Å². The molecule has 5 aromatic carbocycles. The molecule has 0 aliphatic heterocycles. The van der Waals surface area contributed by atoms with E-state index in [-0.39, 0.29) is 0 Å². The van der Waals surface area contributed by atoms with Gasteiger partial charge in [0.05, 0.1) is 26.2 Å². The molecule has 0 aromatic heterocycles. The van der Waals surface area contributed by atoms with Crippen molar-refractivity contribution < 1.29 is 19.2 Å². The van der Waals surface area contributed by atoms with Crippen LogP contribution in [0.2, 0.25) is 0 Å². The fourth-order valence-electron chi connectivity index (χ4n) is 6.00. The van der Waals surface area contributed by atoms with Gasteiger partial charge in [-0.15, -0.1) is 0 Å². The molecule has 0 atom stereocenters. The molecule has 0 radical (unpaired) electrons. The molecule has 0 heterocycles. The summed E-state index contributed by atoms with van der Waals surface area (Å²) in [6.45, 7) is 20.4. The van der Waals surface area contributed by atoms with Crippen LogP contribution in [-0.4, -0.2) is 48.0 Å². The lowest BCUT2D eigenvalue weighted by Gasteiger charge is -2.34. The molecular weight excluding hydrogens is 541 g/mol. The van der Waals surface area contributed by atoms with Crippen molar-refractivity contribution in [3.05, 3.63) is 114 Å². The van der Waals surface area contributed by atoms with Gasteiger partial charge in [-0.1, -0.05) is 114 Å². The van der Waals surface area contributed by atoms with Gasteiger partial charge in [-0.2, -0.15) is 0 Å². The molecule has 0 fully saturated rings. The van der Waals surface area contributed by atoms with Crippen molar-refractivity contribution in [2.24, 2.45) is 0 Å². The summed E-state index contributed by atoms with van der Waals surface area (Å²) < 4.78 is 7.03. The van der Waals surface area contributed by atoms with Gasteiger partial charge in [0.25, 0.3) is 0 Å². The second-order valence-corrected chi connectivity index (χ2v) is 11.6. The maximum Gasteiger partial charge on any atom is 0.707 e. The third kappa shape index (κ3) is 7.24. The fourth-order valence-corrected chi connectivity index (χ4v) is 6.00. The Morgan fingerprint density at radius 2 is 0.864 bits per heavy atom. The first-order valence-electron chi connectivity index (χ1n) is 15.8. The highest BCUT2D eigenvalue weighted by molar-refractivity contribution is 6.34. The number of benzene rings is 5. The number of aryl methyl sites for hydroxylation is 3. The standard InChI is InChI=1S/C31H27BO3.C8H20N/c1-20-8-14-23(15-9-20)28-26-6-4-5-7-27(26)31(35-32(33)34)30(25-18-12-22(3)13-19-25)29(28)24-16-10-21(2)11-17-24;1-5-9(6-2,7-3)8-4/h4-19,33-34H,1-3H3;5-8H2,1-4H3/q;+1. The molecule has 5 rings (SSSR count). The number of fused-ring (bicyclic) bond motifs is 1. The highest BCUT2D eigenvalue weighted by Crippen LogP contribution is 2.51. The summed E-state index contributed by atoms with van der Waals surface area (Å²) in [6, 6.07) is 33.2. The van der Waals surface area contributed by atoms with Crippen molar-refractivity contribution in [2.45, 2.75) is 48.5 Å². The van der Waals surface area contributed by atoms with Gasteiger partial charge in [0.1, 0.15) is 5.75 Å². The highest BCUT2D eigenvalue weighted by Gasteiger charge is 2.26. The number of quaternary nitrogens is 1. The quantitative estimate of drug-likeness (QED) is 0.133. The number of hydrogen-bond acceptors (Lipinski definition) is 3. The second kappa shape index (κ2) is 14.7. The number of nitrogens with zero attached hydrogens (tertiary/aromatic N) is 1. The zero-order valence-electron chi connectivity index (χ0n) is 27.4. The Bertz CT molecular complexity index is 1640. The minimum atomic E-state index is -1.95. The molecule has 2 N–H and O–H groups in total. The van der Waals surface area contributed by atoms with Gasteiger partial charge in [0, 0.05) is 16.5 Å². The average molecular weight is 589 g/mol. The van der Waals surface area contributed by atoms with Crippen LogP contribution in [0.25, 0.3) is 44.2 Å². The zero-order chi connectivity index (χ0) is 31.9. The summed E-state index contributed by atoms with van der Waals surface area (Å²) in [5, 5.41) is 21.7. The lowest BCUT2D eigenvalue weighted by molar-refractivity contribution is -0.921. The van der Waals surface area contributed by atoms with Gasteiger partial charge < -0.3 is 19.2 Å². The minimum absolute atomic E-state index is 0.450. The minimum Gasteiger partial charge on any atom is -0.511 e. The zero-order valence-corrected chi connectivity index (χ0v) is 27.4. The summed E-state index contributed by atoms with van der Waals surface area (Å²) >= 11 is 0. The van der Waals surface area contributed by atoms with Gasteiger partial charge in [0.15, 0.2) is 0 Å². The van der Waals surface area contributed by atoms with E-state index in [0.29, 0.717) is 5.75 Å². The molecule has 4 nitrogen and oxygen atoms in total. The van der Waals surface area contributed by atoms with Crippen LogP contribution in [0.4, 0.5) is 0 Å². The topological polar surface area (TPSA) is 49.7 Å². The van der Waals surface area contributed by atoms with E-state index in [0.717, 1.165) is 49.7 Å². The molecule has 0 aliphatic carbocycles. The van der Waals surface area contributed by atoms with E-state index in [2.05, 4.69) is 127 Å². The summed E-state index contributed by atoms with van der Waals surface area (Å²) in [6.07, 6.45) is 0. The van der Waals surface area contributed by atoms with Crippen molar-refractivity contribution in [3.8, 4) is 39.1 Å². The fraction of sp³-hybridized carbons (Fsp3) is 0.282. The molecule has 0 unspecified atom stereocenters. The Morgan fingerprint density at radius 1 is 0.500 bits per heavy atom. The van der Waals surface area contributed by atoms with Crippen LogP contribution in [0, 0.1) is 20.8 Å². The maximum absolute atomic E-state index is 9.93. The van der Waals surface area contributed by atoms with Gasteiger partial charge in [-0.25, -0.2) is 0 Å². The molecule has 44 heavy (non-hydrogen) atoms. The van der Waals surface area contributed by atoms with Crippen LogP contribution < -0.4 is 4.65 Å². The van der Waals surface area contributed by atoms with E-state index < -0.39 is 7.32 Å². The molecule has 228 valence electrons. The Labute approximate surface area is 264 Å². The normalized spacial score (nSPS) is 11.2. The molecule has 5 aromatic rings. The third-order valence-electron chi connectivity index (χ3n) is 9.10. The van der Waals surface area contributed by atoms with E-state index in [1.54, 1.807) is 0 Å². The predicted molar refractivity (Wildman–Crippen MR) is 188 cm³/mol. The average Bonchev–Trinajstić information content (AvgIpc) is 3.04. The van der Waals surface area contributed by atoms with Gasteiger partial charge in [0.2, 0.25) is 0 Å². The third-order valence-corrected chi connectivity index (χ3v) is 9.10. The van der Waals surface area contributed by atoms with Crippen LogP contribution in [0.15, 0.2) is 97.1 Å². The Kier molecular flexibility index (Phi) is 11.0. The summed E-state index contributed by atoms with van der Waals surface area (Å²) in [5.41, 5.74) is 9.48. The van der Waals surface area contributed by atoms with Crippen LogP contribution in [0.5, 0.6) is 5.75 Å². The number of hydrogen-bond donors (Lipinski definition) is 2. The van der Waals surface area contributed by atoms with Gasteiger partial charge >= 0.3 is 7.32 Å². The molecule has 0 saturated carbocycles. The molecule has 0 amide bonds. The van der Waals surface area contributed by atoms with Crippen molar-refractivity contribution in [1.29, 1.82) is 0 Å². The smallest absolute Gasteiger partial charge is 0.511 e. The van der Waals surface area contributed by atoms with Crippen molar-refractivity contribution in [2.75, 3.05) is 26.2 Å². The van der Waals surface area contributed by atoms with E-state index >= 15 is 0 Å². The molecule has 0 saturated heterocycles. The van der Waals surface area contributed by atoms with Crippen LogP contribution >= 0.6 is 0 Å². The molecule has 0 spiro atoms. The largest absolute Gasteiger partial charge is 0.707 e. The SMILES string of the molecule is CC[N+](CC)(CC)CC.Cc1ccc(-c2c(-c3ccc(C)cc3)c(-c3ccc(C)cc3)c3ccccc3c2OB(O)O)cc1. The van der Waals surface area contributed by atoms with E-state index in [4.69, 9.17) is 4.65 Å². The predicted octanol–water partition coefficient (Wildman–Crippen LogP) is 9.00. The second-order valence-electron chi connectivity index (χ2n) is 11.6. The molecular formula is C39H47BNO3+. The summed E-state index contributed by atoms with van der Waals surface area (Å²) in [5.74, 6) is 0.450. The van der Waals surface area contributed by atoms with Crippen molar-refractivity contribution in [1.82, 2.24) is 0 Å². The summed E-state index contributed by atoms with van der Waals surface area (Å²) in [4.78, 5) is 0. The molecule has 5 heteroatoms. The van der Waals surface area contributed by atoms with Crippen molar-refractivity contribution in [3.63, 3.8) is 0 Å². The lowest BCUT2D eigenvalue weighted by Crippen LogP contribution is -2.47. The van der Waals surface area contributed by atoms with Crippen molar-refractivity contribution >= 4 is 18.1 Å². The lowest BCUT2D eigenvalue weighted by atomic mass is 9.82. The Balaban J connectivity index is 0.000000429. The number of rotatable bonds is 9.